The van der Waals surface area contributed by atoms with E-state index in [1.807, 2.05) is 30.3 Å². The molecule has 1 heterocycles. The minimum Gasteiger partial charge on any atom is -0.419 e. The number of alkyl halides is 3. The van der Waals surface area contributed by atoms with Crippen LogP contribution in [0.5, 0.6) is 0 Å². The minimum absolute atomic E-state index is 0.108. The summed E-state index contributed by atoms with van der Waals surface area (Å²) < 4.78 is 41.9. The predicted octanol–water partition coefficient (Wildman–Crippen LogP) is 3.17. The number of nitrogens with one attached hydrogen (secondary N) is 1. The summed E-state index contributed by atoms with van der Waals surface area (Å²) in [4.78, 5) is 0. The van der Waals surface area contributed by atoms with Crippen molar-refractivity contribution in [3.63, 3.8) is 0 Å². The van der Waals surface area contributed by atoms with Gasteiger partial charge in [0.05, 0.1) is 13.0 Å². The van der Waals surface area contributed by atoms with E-state index in [2.05, 4.69) is 15.5 Å². The second kappa shape index (κ2) is 6.04. The second-order valence-corrected chi connectivity index (χ2v) is 4.47. The lowest BCUT2D eigenvalue weighted by molar-refractivity contribution is -0.139. The third-order valence-electron chi connectivity index (χ3n) is 2.63. The van der Waals surface area contributed by atoms with Crippen molar-refractivity contribution in [3.8, 4) is 11.5 Å². The fourth-order valence-electron chi connectivity index (χ4n) is 1.70. The molecule has 0 aliphatic heterocycles. The van der Waals surface area contributed by atoms with Gasteiger partial charge < -0.3 is 9.73 Å². The van der Waals surface area contributed by atoms with Gasteiger partial charge in [0.15, 0.2) is 0 Å². The summed E-state index contributed by atoms with van der Waals surface area (Å²) >= 11 is 0. The number of hydrogen-bond donors (Lipinski definition) is 1. The van der Waals surface area contributed by atoms with Crippen molar-refractivity contribution in [2.75, 3.05) is 0 Å². The zero-order valence-electron chi connectivity index (χ0n) is 10.8. The topological polar surface area (TPSA) is 51.0 Å². The molecular formula is C13H14F3N3O. The lowest BCUT2D eigenvalue weighted by atomic mass is 10.2. The van der Waals surface area contributed by atoms with Crippen LogP contribution in [0.2, 0.25) is 0 Å². The van der Waals surface area contributed by atoms with E-state index < -0.39 is 18.6 Å². The molecule has 0 radical (unpaired) electrons. The van der Waals surface area contributed by atoms with Crippen LogP contribution >= 0.6 is 0 Å². The van der Waals surface area contributed by atoms with Crippen LogP contribution < -0.4 is 5.32 Å². The summed E-state index contributed by atoms with van der Waals surface area (Å²) in [6.07, 6.45) is -5.08. The molecule has 0 bridgehead atoms. The molecule has 7 heteroatoms. The monoisotopic (exact) mass is 285 g/mol. The summed E-state index contributed by atoms with van der Waals surface area (Å²) in [6.45, 7) is 1.57. The van der Waals surface area contributed by atoms with Gasteiger partial charge >= 0.3 is 6.18 Å². The lowest BCUT2D eigenvalue weighted by Gasteiger charge is -2.14. The van der Waals surface area contributed by atoms with Crippen molar-refractivity contribution in [2.24, 2.45) is 0 Å². The summed E-state index contributed by atoms with van der Waals surface area (Å²) in [5, 5.41) is 10.4. The largest absolute Gasteiger partial charge is 0.419 e. The fraction of sp³-hybridized carbons (Fsp3) is 0.385. The van der Waals surface area contributed by atoms with Crippen LogP contribution in [0.25, 0.3) is 11.5 Å². The number of hydrogen-bond acceptors (Lipinski definition) is 4. The van der Waals surface area contributed by atoms with Crippen LogP contribution in [0.3, 0.4) is 0 Å². The zero-order chi connectivity index (χ0) is 14.6. The predicted molar refractivity (Wildman–Crippen MR) is 66.7 cm³/mol. The summed E-state index contributed by atoms with van der Waals surface area (Å²) in [7, 11) is 0. The Morgan fingerprint density at radius 1 is 1.20 bits per heavy atom. The molecule has 0 amide bonds. The molecule has 0 spiro atoms. The molecule has 2 aromatic rings. The van der Waals surface area contributed by atoms with E-state index >= 15 is 0 Å². The van der Waals surface area contributed by atoms with Crippen LogP contribution in [0, 0.1) is 0 Å². The standard InChI is InChI=1S/C13H14F3N3O/c1-9(7-13(14,15)16)17-8-11-18-19-12(20-11)10-5-3-2-4-6-10/h2-6,9,17H,7-8H2,1H3. The highest BCUT2D eigenvalue weighted by atomic mass is 19.4. The first-order valence-electron chi connectivity index (χ1n) is 6.12. The summed E-state index contributed by atoms with van der Waals surface area (Å²) in [5.41, 5.74) is 0.773. The van der Waals surface area contributed by atoms with E-state index in [1.54, 1.807) is 0 Å². The number of rotatable bonds is 5. The first kappa shape index (κ1) is 14.5. The van der Waals surface area contributed by atoms with E-state index in [4.69, 9.17) is 4.42 Å². The molecule has 2 rings (SSSR count). The summed E-state index contributed by atoms with van der Waals surface area (Å²) in [6, 6.07) is 8.46. The molecule has 0 aliphatic rings. The molecule has 0 aliphatic carbocycles. The van der Waals surface area contributed by atoms with Gasteiger partial charge in [-0.2, -0.15) is 13.2 Å². The second-order valence-electron chi connectivity index (χ2n) is 4.47. The molecule has 4 nitrogen and oxygen atoms in total. The van der Waals surface area contributed by atoms with Gasteiger partial charge in [-0.3, -0.25) is 0 Å². The molecule has 1 N–H and O–H groups in total. The van der Waals surface area contributed by atoms with Gasteiger partial charge in [0.2, 0.25) is 11.8 Å². The van der Waals surface area contributed by atoms with Gasteiger partial charge in [0.25, 0.3) is 0 Å². The first-order valence-corrected chi connectivity index (χ1v) is 6.12. The third-order valence-corrected chi connectivity index (χ3v) is 2.63. The normalized spacial score (nSPS) is 13.4. The Bertz CT molecular complexity index is 539. The third kappa shape index (κ3) is 4.34. The highest BCUT2D eigenvalue weighted by Crippen LogP contribution is 2.21. The smallest absolute Gasteiger partial charge is 0.390 e. The van der Waals surface area contributed by atoms with Gasteiger partial charge in [-0.1, -0.05) is 18.2 Å². The maximum atomic E-state index is 12.2. The van der Waals surface area contributed by atoms with Crippen LogP contribution in [0.4, 0.5) is 13.2 Å². The Morgan fingerprint density at radius 3 is 2.55 bits per heavy atom. The van der Waals surface area contributed by atoms with E-state index in [9.17, 15) is 13.2 Å². The SMILES string of the molecule is CC(CC(F)(F)F)NCc1nnc(-c2ccccc2)o1. The molecule has 0 fully saturated rings. The van der Waals surface area contributed by atoms with Gasteiger partial charge in [-0.25, -0.2) is 0 Å². The average molecular weight is 285 g/mol. The Morgan fingerprint density at radius 2 is 1.90 bits per heavy atom. The quantitative estimate of drug-likeness (QED) is 0.916. The van der Waals surface area contributed by atoms with Crippen LogP contribution in [0.15, 0.2) is 34.7 Å². The van der Waals surface area contributed by atoms with Crippen molar-refractivity contribution in [1.82, 2.24) is 15.5 Å². The van der Waals surface area contributed by atoms with Crippen molar-refractivity contribution < 1.29 is 17.6 Å². The van der Waals surface area contributed by atoms with E-state index in [0.717, 1.165) is 5.56 Å². The molecule has 1 aromatic carbocycles. The van der Waals surface area contributed by atoms with Gasteiger partial charge in [-0.05, 0) is 19.1 Å². The maximum Gasteiger partial charge on any atom is 0.390 e. The molecular weight excluding hydrogens is 271 g/mol. The Balaban J connectivity index is 1.91. The molecule has 1 aromatic heterocycles. The number of nitrogens with zero attached hydrogens (tertiary/aromatic N) is 2. The highest BCUT2D eigenvalue weighted by molar-refractivity contribution is 5.51. The Hall–Kier alpha value is -1.89. The Kier molecular flexibility index (Phi) is 4.39. The number of aromatic nitrogens is 2. The van der Waals surface area contributed by atoms with E-state index in [0.29, 0.717) is 5.89 Å². The average Bonchev–Trinajstić information content (AvgIpc) is 2.84. The van der Waals surface area contributed by atoms with Crippen LogP contribution in [-0.4, -0.2) is 22.4 Å². The van der Waals surface area contributed by atoms with Gasteiger partial charge in [-0.15, -0.1) is 10.2 Å². The maximum absolute atomic E-state index is 12.2. The molecule has 108 valence electrons. The minimum atomic E-state index is -4.18. The molecule has 1 atom stereocenters. The van der Waals surface area contributed by atoms with Crippen molar-refractivity contribution >= 4 is 0 Å². The van der Waals surface area contributed by atoms with Crippen LogP contribution in [-0.2, 0) is 6.54 Å². The summed E-state index contributed by atoms with van der Waals surface area (Å²) in [5.74, 6) is 0.615. The van der Waals surface area contributed by atoms with Crippen molar-refractivity contribution in [3.05, 3.63) is 36.2 Å². The molecule has 0 saturated carbocycles. The first-order chi connectivity index (χ1) is 9.44. The number of halogens is 3. The molecule has 1 unspecified atom stereocenters. The zero-order valence-corrected chi connectivity index (χ0v) is 10.8. The number of benzene rings is 1. The molecule has 20 heavy (non-hydrogen) atoms. The van der Waals surface area contributed by atoms with Gasteiger partial charge in [0.1, 0.15) is 0 Å². The van der Waals surface area contributed by atoms with E-state index in [-0.39, 0.29) is 12.4 Å². The molecule has 0 saturated heterocycles. The highest BCUT2D eigenvalue weighted by Gasteiger charge is 2.29. The van der Waals surface area contributed by atoms with Crippen molar-refractivity contribution in [1.29, 1.82) is 0 Å². The van der Waals surface area contributed by atoms with Crippen LogP contribution in [0.1, 0.15) is 19.2 Å². The van der Waals surface area contributed by atoms with E-state index in [1.165, 1.54) is 6.92 Å². The fourth-order valence-corrected chi connectivity index (χ4v) is 1.70. The van der Waals surface area contributed by atoms with Gasteiger partial charge in [0, 0.05) is 11.6 Å². The lowest BCUT2D eigenvalue weighted by Crippen LogP contribution is -2.30. The Labute approximate surface area is 114 Å². The van der Waals surface area contributed by atoms with Crippen molar-refractivity contribution in [2.45, 2.75) is 32.1 Å².